The molecule has 2 heterocycles. The summed E-state index contributed by atoms with van der Waals surface area (Å²) in [6, 6.07) is 0. The predicted molar refractivity (Wildman–Crippen MR) is 55.0 cm³/mol. The number of aromatic nitrogens is 2. The third-order valence-electron chi connectivity index (χ3n) is 2.66. The van der Waals surface area contributed by atoms with Crippen LogP contribution in [0, 0.1) is 0 Å². The number of hydrogen-bond donors (Lipinski definition) is 1. The van der Waals surface area contributed by atoms with Gasteiger partial charge in [0.05, 0.1) is 0 Å². The number of carbonyl (C=O) groups is 1. The summed E-state index contributed by atoms with van der Waals surface area (Å²) in [5, 5.41) is 12.2. The van der Waals surface area contributed by atoms with E-state index in [2.05, 4.69) is 15.0 Å². The Balaban J connectivity index is 1.80. The van der Waals surface area contributed by atoms with Crippen molar-refractivity contribution in [3.05, 3.63) is 11.7 Å². The van der Waals surface area contributed by atoms with Crippen LogP contribution >= 0.6 is 0 Å². The molecular weight excluding hydrogens is 210 g/mol. The lowest BCUT2D eigenvalue weighted by Crippen LogP contribution is -2.22. The van der Waals surface area contributed by atoms with E-state index in [1.807, 2.05) is 0 Å². The number of rotatable bonds is 5. The molecule has 0 aromatic carbocycles. The van der Waals surface area contributed by atoms with E-state index in [1.54, 1.807) is 0 Å². The summed E-state index contributed by atoms with van der Waals surface area (Å²) in [4.78, 5) is 16.8. The molecule has 1 saturated heterocycles. The van der Waals surface area contributed by atoms with Gasteiger partial charge in [-0.25, -0.2) is 0 Å². The van der Waals surface area contributed by atoms with E-state index in [1.165, 1.54) is 12.8 Å². The number of nitrogens with zero attached hydrogens (tertiary/aromatic N) is 3. The van der Waals surface area contributed by atoms with Crippen molar-refractivity contribution in [3.63, 3.8) is 0 Å². The largest absolute Gasteiger partial charge is 0.481 e. The van der Waals surface area contributed by atoms with Crippen LogP contribution in [0.3, 0.4) is 0 Å². The molecule has 0 amide bonds. The molecule has 1 fully saturated rings. The Morgan fingerprint density at radius 1 is 1.44 bits per heavy atom. The first-order valence-electron chi connectivity index (χ1n) is 5.49. The molecule has 6 heteroatoms. The van der Waals surface area contributed by atoms with E-state index in [0.29, 0.717) is 12.3 Å². The van der Waals surface area contributed by atoms with Crippen LogP contribution in [-0.2, 0) is 17.6 Å². The zero-order chi connectivity index (χ0) is 11.4. The van der Waals surface area contributed by atoms with E-state index in [0.717, 1.165) is 19.6 Å². The summed E-state index contributed by atoms with van der Waals surface area (Å²) >= 11 is 0. The highest BCUT2D eigenvalue weighted by Gasteiger charge is 2.14. The predicted octanol–water partition coefficient (Wildman–Crippen LogP) is 0.335. The first-order chi connectivity index (χ1) is 7.74. The number of likely N-dealkylation sites (tertiary alicyclic amines) is 1. The van der Waals surface area contributed by atoms with E-state index in [-0.39, 0.29) is 12.2 Å². The molecule has 16 heavy (non-hydrogen) atoms. The minimum Gasteiger partial charge on any atom is -0.481 e. The van der Waals surface area contributed by atoms with Crippen LogP contribution in [0.5, 0.6) is 0 Å². The average molecular weight is 225 g/mol. The lowest BCUT2D eigenvalue weighted by atomic mass is 10.4. The minimum atomic E-state index is -0.938. The first kappa shape index (κ1) is 11.1. The third-order valence-corrected chi connectivity index (χ3v) is 2.66. The smallest absolute Gasteiger partial charge is 0.311 e. The van der Waals surface area contributed by atoms with E-state index in [9.17, 15) is 4.79 Å². The molecule has 0 saturated carbocycles. The Bertz CT molecular complexity index is 358. The van der Waals surface area contributed by atoms with Crippen LogP contribution in [0.4, 0.5) is 0 Å². The van der Waals surface area contributed by atoms with Crippen molar-refractivity contribution in [2.75, 3.05) is 19.6 Å². The van der Waals surface area contributed by atoms with Crippen molar-refractivity contribution in [1.82, 2.24) is 15.0 Å². The maximum atomic E-state index is 10.4. The number of carboxylic acids is 1. The maximum absolute atomic E-state index is 10.4. The fourth-order valence-corrected chi connectivity index (χ4v) is 1.86. The van der Waals surface area contributed by atoms with Crippen molar-refractivity contribution in [3.8, 4) is 0 Å². The van der Waals surface area contributed by atoms with Gasteiger partial charge >= 0.3 is 5.97 Å². The average Bonchev–Trinajstić information content (AvgIpc) is 2.84. The van der Waals surface area contributed by atoms with Crippen molar-refractivity contribution in [2.45, 2.75) is 25.7 Å². The van der Waals surface area contributed by atoms with Crippen molar-refractivity contribution >= 4 is 5.97 Å². The van der Waals surface area contributed by atoms with E-state index >= 15 is 0 Å². The highest BCUT2D eigenvalue weighted by Crippen LogP contribution is 2.08. The number of aliphatic carboxylic acids is 1. The molecule has 0 aliphatic carbocycles. The Kier molecular flexibility index (Phi) is 3.51. The van der Waals surface area contributed by atoms with Gasteiger partial charge in [0.25, 0.3) is 0 Å². The molecule has 1 aliphatic rings. The van der Waals surface area contributed by atoms with E-state index in [4.69, 9.17) is 9.63 Å². The molecule has 1 aromatic rings. The molecule has 1 N–H and O–H groups in total. The zero-order valence-electron chi connectivity index (χ0n) is 9.06. The van der Waals surface area contributed by atoms with Gasteiger partial charge < -0.3 is 14.5 Å². The molecular formula is C10H15N3O3. The van der Waals surface area contributed by atoms with Crippen LogP contribution in [-0.4, -0.2) is 45.8 Å². The topological polar surface area (TPSA) is 79.5 Å². The van der Waals surface area contributed by atoms with Gasteiger partial charge in [-0.3, -0.25) is 4.79 Å². The van der Waals surface area contributed by atoms with Gasteiger partial charge in [0.1, 0.15) is 6.42 Å². The van der Waals surface area contributed by atoms with Gasteiger partial charge in [-0.05, 0) is 25.9 Å². The summed E-state index contributed by atoms with van der Waals surface area (Å²) in [6.07, 6.45) is 3.04. The lowest BCUT2D eigenvalue weighted by Gasteiger charge is -2.11. The van der Waals surface area contributed by atoms with Crippen molar-refractivity contribution in [1.29, 1.82) is 0 Å². The standard InChI is InChI=1S/C10H15N3O3/c14-10(15)7-8-11-9(16-12-8)3-6-13-4-1-2-5-13/h1-7H2,(H,14,15). The summed E-state index contributed by atoms with van der Waals surface area (Å²) in [7, 11) is 0. The van der Waals surface area contributed by atoms with Gasteiger partial charge in [-0.2, -0.15) is 4.98 Å². The lowest BCUT2D eigenvalue weighted by molar-refractivity contribution is -0.136. The number of hydrogen-bond acceptors (Lipinski definition) is 5. The minimum absolute atomic E-state index is 0.173. The molecule has 2 rings (SSSR count). The highest BCUT2D eigenvalue weighted by atomic mass is 16.5. The Labute approximate surface area is 93.2 Å². The molecule has 1 aliphatic heterocycles. The van der Waals surface area contributed by atoms with Gasteiger partial charge in [-0.1, -0.05) is 5.16 Å². The second kappa shape index (κ2) is 5.07. The molecule has 0 unspecified atom stereocenters. The Morgan fingerprint density at radius 2 is 2.19 bits per heavy atom. The molecule has 0 atom stereocenters. The normalized spacial score (nSPS) is 16.8. The molecule has 88 valence electrons. The monoisotopic (exact) mass is 225 g/mol. The molecule has 0 radical (unpaired) electrons. The van der Waals surface area contributed by atoms with Gasteiger partial charge in [0, 0.05) is 13.0 Å². The van der Waals surface area contributed by atoms with Crippen molar-refractivity contribution < 1.29 is 14.4 Å². The van der Waals surface area contributed by atoms with Crippen LogP contribution in [0.1, 0.15) is 24.6 Å². The highest BCUT2D eigenvalue weighted by molar-refractivity contribution is 5.68. The van der Waals surface area contributed by atoms with Crippen LogP contribution < -0.4 is 0 Å². The summed E-state index contributed by atoms with van der Waals surface area (Å²) in [5.41, 5.74) is 0. The zero-order valence-corrected chi connectivity index (χ0v) is 9.06. The summed E-state index contributed by atoms with van der Waals surface area (Å²) < 4.78 is 4.97. The van der Waals surface area contributed by atoms with Gasteiger partial charge in [-0.15, -0.1) is 0 Å². The molecule has 0 spiro atoms. The fraction of sp³-hybridized carbons (Fsp3) is 0.700. The van der Waals surface area contributed by atoms with Crippen LogP contribution in [0.15, 0.2) is 4.52 Å². The quantitative estimate of drug-likeness (QED) is 0.778. The number of carboxylic acid groups (broad SMARTS) is 1. The second-order valence-electron chi connectivity index (χ2n) is 3.97. The second-order valence-corrected chi connectivity index (χ2v) is 3.97. The van der Waals surface area contributed by atoms with Crippen LogP contribution in [0.2, 0.25) is 0 Å². The molecule has 1 aromatic heterocycles. The maximum Gasteiger partial charge on any atom is 0.311 e. The van der Waals surface area contributed by atoms with E-state index < -0.39 is 5.97 Å². The summed E-state index contributed by atoms with van der Waals surface area (Å²) in [5.74, 6) is -0.154. The Hall–Kier alpha value is -1.43. The Morgan fingerprint density at radius 3 is 2.88 bits per heavy atom. The molecule has 0 bridgehead atoms. The van der Waals surface area contributed by atoms with Gasteiger partial charge in [0.2, 0.25) is 5.89 Å². The van der Waals surface area contributed by atoms with Gasteiger partial charge in [0.15, 0.2) is 5.82 Å². The molecule has 6 nitrogen and oxygen atoms in total. The fourth-order valence-electron chi connectivity index (χ4n) is 1.86. The SMILES string of the molecule is O=C(O)Cc1noc(CCN2CCCC2)n1. The third kappa shape index (κ3) is 3.03. The van der Waals surface area contributed by atoms with Crippen LogP contribution in [0.25, 0.3) is 0 Å². The van der Waals surface area contributed by atoms with Crippen molar-refractivity contribution in [2.24, 2.45) is 0 Å². The first-order valence-corrected chi connectivity index (χ1v) is 5.49. The summed E-state index contributed by atoms with van der Waals surface area (Å²) in [6.45, 7) is 3.18.